The zero-order chi connectivity index (χ0) is 27.9. The van der Waals surface area contributed by atoms with Gasteiger partial charge in [-0.3, -0.25) is 14.8 Å². The van der Waals surface area contributed by atoms with Crippen LogP contribution in [0.3, 0.4) is 0 Å². The normalized spacial score (nSPS) is 11.8. The first-order chi connectivity index (χ1) is 18.0. The van der Waals surface area contributed by atoms with Crippen molar-refractivity contribution in [2.45, 2.75) is 32.4 Å². The summed E-state index contributed by atoms with van der Waals surface area (Å²) >= 11 is 0. The topological polar surface area (TPSA) is 137 Å². The van der Waals surface area contributed by atoms with Crippen molar-refractivity contribution in [1.29, 1.82) is 0 Å². The Hall–Kier alpha value is -4.54. The summed E-state index contributed by atoms with van der Waals surface area (Å²) in [6.45, 7) is 5.10. The molecule has 0 spiro atoms. The number of aromatic nitrogens is 2. The monoisotopic (exact) mass is 523 g/mol. The van der Waals surface area contributed by atoms with Crippen LogP contribution in [0.5, 0.6) is 5.75 Å². The molecular weight excluding hydrogens is 490 g/mol. The minimum atomic E-state index is -1.32. The standard InChI is InChI=1S/C27H33N5O6/c1-27(2,3)38-26(36)31(4)13-14-32(25(34)35)23(19-7-6-8-22(15-19)37-5)24(33)30-21-11-9-18(10-12-21)20-16-28-29-17-20/h6-12,15-17,23H,13-14H2,1-5H3,(H,28,29)(H,30,33)(H,34,35)/t23-/m1/s1. The average Bonchev–Trinajstić information content (AvgIpc) is 3.40. The van der Waals surface area contributed by atoms with E-state index in [1.165, 1.54) is 19.1 Å². The van der Waals surface area contributed by atoms with Crippen LogP contribution >= 0.6 is 0 Å². The van der Waals surface area contributed by atoms with Crippen LogP contribution in [0.15, 0.2) is 60.9 Å². The number of carboxylic acid groups (broad SMARTS) is 1. The van der Waals surface area contributed by atoms with Gasteiger partial charge in [0.25, 0.3) is 5.91 Å². The number of methoxy groups -OCH3 is 1. The van der Waals surface area contributed by atoms with Gasteiger partial charge in [0.1, 0.15) is 17.4 Å². The van der Waals surface area contributed by atoms with Gasteiger partial charge in [-0.25, -0.2) is 9.59 Å². The third kappa shape index (κ3) is 7.48. The molecule has 0 aliphatic rings. The molecule has 11 heteroatoms. The van der Waals surface area contributed by atoms with Crippen molar-refractivity contribution in [3.05, 3.63) is 66.5 Å². The maximum atomic E-state index is 13.6. The van der Waals surface area contributed by atoms with Crippen molar-refractivity contribution in [1.82, 2.24) is 20.0 Å². The van der Waals surface area contributed by atoms with Gasteiger partial charge < -0.3 is 24.8 Å². The molecule has 0 radical (unpaired) electrons. The van der Waals surface area contributed by atoms with E-state index in [1.807, 2.05) is 12.1 Å². The number of hydrogen-bond acceptors (Lipinski definition) is 6. The highest BCUT2D eigenvalue weighted by Gasteiger charge is 2.32. The molecule has 1 heterocycles. The van der Waals surface area contributed by atoms with E-state index in [4.69, 9.17) is 9.47 Å². The Kier molecular flexibility index (Phi) is 8.95. The fourth-order valence-electron chi connectivity index (χ4n) is 3.67. The molecule has 0 bridgehead atoms. The number of benzene rings is 2. The molecule has 0 aliphatic heterocycles. The Bertz CT molecular complexity index is 1240. The highest BCUT2D eigenvalue weighted by atomic mass is 16.6. The fraction of sp³-hybridized carbons (Fsp3) is 0.333. The van der Waals surface area contributed by atoms with Gasteiger partial charge in [0, 0.05) is 37.6 Å². The second-order valence-corrected chi connectivity index (χ2v) is 9.61. The molecule has 11 nitrogen and oxygen atoms in total. The van der Waals surface area contributed by atoms with E-state index in [2.05, 4.69) is 15.5 Å². The molecule has 0 saturated heterocycles. The second kappa shape index (κ2) is 12.1. The SMILES string of the molecule is COc1cccc([C@H](C(=O)Nc2ccc(-c3cn[nH]c3)cc2)N(CCN(C)C(=O)OC(C)(C)C)C(=O)O)c1. The Morgan fingerprint density at radius 1 is 1.08 bits per heavy atom. The van der Waals surface area contributed by atoms with E-state index in [9.17, 15) is 19.5 Å². The number of likely N-dealkylation sites (N-methyl/N-ethyl adjacent to an activating group) is 1. The Labute approximate surface area is 221 Å². The summed E-state index contributed by atoms with van der Waals surface area (Å²) in [5.41, 5.74) is 2.00. The summed E-state index contributed by atoms with van der Waals surface area (Å²) in [4.78, 5) is 40.6. The van der Waals surface area contributed by atoms with Gasteiger partial charge in [-0.1, -0.05) is 24.3 Å². The van der Waals surface area contributed by atoms with Crippen LogP contribution in [0, 0.1) is 0 Å². The fourth-order valence-corrected chi connectivity index (χ4v) is 3.67. The third-order valence-electron chi connectivity index (χ3n) is 5.58. The summed E-state index contributed by atoms with van der Waals surface area (Å²) in [6, 6.07) is 12.5. The Morgan fingerprint density at radius 3 is 2.37 bits per heavy atom. The van der Waals surface area contributed by atoms with Crippen LogP contribution in [0.1, 0.15) is 32.4 Å². The molecule has 1 aromatic heterocycles. The van der Waals surface area contributed by atoms with E-state index < -0.39 is 29.7 Å². The number of carbonyl (C=O) groups excluding carboxylic acids is 2. The lowest BCUT2D eigenvalue weighted by molar-refractivity contribution is -0.121. The molecule has 2 aromatic carbocycles. The number of hydrogen-bond donors (Lipinski definition) is 3. The van der Waals surface area contributed by atoms with Gasteiger partial charge in [0.05, 0.1) is 13.3 Å². The Morgan fingerprint density at radius 2 is 1.79 bits per heavy atom. The van der Waals surface area contributed by atoms with Crippen molar-refractivity contribution < 1.29 is 29.0 Å². The van der Waals surface area contributed by atoms with Gasteiger partial charge >= 0.3 is 12.2 Å². The quantitative estimate of drug-likeness (QED) is 0.372. The van der Waals surface area contributed by atoms with Crippen molar-refractivity contribution >= 4 is 23.8 Å². The number of anilines is 1. The molecule has 0 unspecified atom stereocenters. The van der Waals surface area contributed by atoms with Gasteiger partial charge in [0.15, 0.2) is 0 Å². The highest BCUT2D eigenvalue weighted by molar-refractivity contribution is 5.97. The number of H-pyrrole nitrogens is 1. The van der Waals surface area contributed by atoms with Gasteiger partial charge in [-0.15, -0.1) is 0 Å². The molecule has 3 aromatic rings. The average molecular weight is 524 g/mol. The molecule has 0 fully saturated rings. The zero-order valence-corrected chi connectivity index (χ0v) is 22.1. The predicted molar refractivity (Wildman–Crippen MR) is 142 cm³/mol. The number of rotatable bonds is 9. The molecule has 0 saturated carbocycles. The first-order valence-corrected chi connectivity index (χ1v) is 12.0. The molecule has 0 aliphatic carbocycles. The van der Waals surface area contributed by atoms with Gasteiger partial charge in [-0.05, 0) is 56.2 Å². The number of amides is 3. The second-order valence-electron chi connectivity index (χ2n) is 9.61. The molecule has 202 valence electrons. The van der Waals surface area contributed by atoms with E-state index in [0.717, 1.165) is 16.0 Å². The maximum absolute atomic E-state index is 13.6. The molecule has 3 N–H and O–H groups in total. The van der Waals surface area contributed by atoms with Crippen molar-refractivity contribution in [2.75, 3.05) is 32.6 Å². The maximum Gasteiger partial charge on any atom is 0.410 e. The summed E-state index contributed by atoms with van der Waals surface area (Å²) < 4.78 is 10.6. The summed E-state index contributed by atoms with van der Waals surface area (Å²) in [7, 11) is 3.00. The molecular formula is C27H33N5O6. The van der Waals surface area contributed by atoms with Crippen molar-refractivity contribution in [3.63, 3.8) is 0 Å². The third-order valence-corrected chi connectivity index (χ3v) is 5.58. The first kappa shape index (κ1) is 28.0. The highest BCUT2D eigenvalue weighted by Crippen LogP contribution is 2.27. The van der Waals surface area contributed by atoms with Crippen molar-refractivity contribution in [2.24, 2.45) is 0 Å². The minimum Gasteiger partial charge on any atom is -0.497 e. The van der Waals surface area contributed by atoms with Gasteiger partial charge in [-0.2, -0.15) is 5.10 Å². The first-order valence-electron chi connectivity index (χ1n) is 12.0. The summed E-state index contributed by atoms with van der Waals surface area (Å²) in [5.74, 6) is -0.0855. The number of nitrogens with zero attached hydrogens (tertiary/aromatic N) is 3. The van der Waals surface area contributed by atoms with Crippen LogP contribution in [0.2, 0.25) is 0 Å². The van der Waals surface area contributed by atoms with E-state index in [1.54, 1.807) is 69.6 Å². The predicted octanol–water partition coefficient (Wildman–Crippen LogP) is 4.61. The Balaban J connectivity index is 1.85. The van der Waals surface area contributed by atoms with E-state index in [0.29, 0.717) is 17.0 Å². The lowest BCUT2D eigenvalue weighted by atomic mass is 10.0. The summed E-state index contributed by atoms with van der Waals surface area (Å²) in [5, 5.41) is 19.6. The number of ether oxygens (including phenoxy) is 2. The van der Waals surface area contributed by atoms with E-state index >= 15 is 0 Å². The summed E-state index contributed by atoms with van der Waals surface area (Å²) in [6.07, 6.45) is 1.53. The van der Waals surface area contributed by atoms with Crippen LogP contribution in [0.25, 0.3) is 11.1 Å². The van der Waals surface area contributed by atoms with Crippen LogP contribution in [-0.4, -0.2) is 76.0 Å². The van der Waals surface area contributed by atoms with Crippen molar-refractivity contribution in [3.8, 4) is 16.9 Å². The van der Waals surface area contributed by atoms with Crippen LogP contribution in [0.4, 0.5) is 15.3 Å². The smallest absolute Gasteiger partial charge is 0.410 e. The lowest BCUT2D eigenvalue weighted by Gasteiger charge is -2.31. The molecule has 1 atom stereocenters. The zero-order valence-electron chi connectivity index (χ0n) is 22.1. The van der Waals surface area contributed by atoms with Crippen LogP contribution in [-0.2, 0) is 9.53 Å². The number of carbonyl (C=O) groups is 3. The molecule has 3 amide bonds. The van der Waals surface area contributed by atoms with E-state index in [-0.39, 0.29) is 13.1 Å². The molecule has 38 heavy (non-hydrogen) atoms. The lowest BCUT2D eigenvalue weighted by Crippen LogP contribution is -2.45. The minimum absolute atomic E-state index is 0.00829. The number of aromatic amines is 1. The largest absolute Gasteiger partial charge is 0.497 e. The molecule has 3 rings (SSSR count). The van der Waals surface area contributed by atoms with Gasteiger partial charge in [0.2, 0.25) is 0 Å². The van der Waals surface area contributed by atoms with Crippen LogP contribution < -0.4 is 10.1 Å². The number of nitrogens with one attached hydrogen (secondary N) is 2.